The number of amides is 2. The van der Waals surface area contributed by atoms with Crippen LogP contribution in [-0.2, 0) is 11.4 Å². The molecule has 2 N–H and O–H groups in total. The zero-order valence-electron chi connectivity index (χ0n) is 18.0. The summed E-state index contributed by atoms with van der Waals surface area (Å²) in [7, 11) is 0. The summed E-state index contributed by atoms with van der Waals surface area (Å²) < 4.78 is 5.81. The van der Waals surface area contributed by atoms with E-state index >= 15 is 0 Å². The number of rotatable bonds is 8. The highest BCUT2D eigenvalue weighted by Crippen LogP contribution is 2.20. The zero-order valence-corrected chi connectivity index (χ0v) is 18.0. The number of benzene rings is 2. The summed E-state index contributed by atoms with van der Waals surface area (Å²) in [5, 5.41) is 5.69. The van der Waals surface area contributed by atoms with Crippen LogP contribution < -0.4 is 15.4 Å². The van der Waals surface area contributed by atoms with Crippen molar-refractivity contribution in [2.75, 3.05) is 0 Å². The largest absolute Gasteiger partial charge is 0.487 e. The fraction of sp³-hybridized carbons (Fsp3) is 0.240. The fourth-order valence-electron chi connectivity index (χ4n) is 3.07. The number of nitrogens with zero attached hydrogens (tertiary/aromatic N) is 1. The van der Waals surface area contributed by atoms with Crippen LogP contribution in [0.5, 0.6) is 5.75 Å². The van der Waals surface area contributed by atoms with Gasteiger partial charge in [0.05, 0.1) is 11.7 Å². The number of nitrogens with one attached hydrogen (secondary N) is 2. The van der Waals surface area contributed by atoms with Crippen LogP contribution in [0.25, 0.3) is 0 Å². The van der Waals surface area contributed by atoms with Crippen molar-refractivity contribution in [3.63, 3.8) is 0 Å². The van der Waals surface area contributed by atoms with Crippen molar-refractivity contribution in [2.24, 2.45) is 0 Å². The quantitative estimate of drug-likeness (QED) is 0.581. The molecule has 3 rings (SSSR count). The molecule has 0 fully saturated rings. The maximum atomic E-state index is 12.6. The van der Waals surface area contributed by atoms with E-state index in [0.29, 0.717) is 17.9 Å². The molecular formula is C25H27N3O3. The minimum absolute atomic E-state index is 0.246. The van der Waals surface area contributed by atoms with Gasteiger partial charge in [-0.15, -0.1) is 0 Å². The van der Waals surface area contributed by atoms with Gasteiger partial charge in [-0.2, -0.15) is 0 Å². The molecule has 6 nitrogen and oxygen atoms in total. The van der Waals surface area contributed by atoms with Crippen molar-refractivity contribution in [1.82, 2.24) is 15.6 Å². The van der Waals surface area contributed by atoms with Crippen LogP contribution in [0.4, 0.5) is 0 Å². The topological polar surface area (TPSA) is 80.3 Å². The van der Waals surface area contributed by atoms with Gasteiger partial charge in [0.15, 0.2) is 0 Å². The molecular weight excluding hydrogens is 390 g/mol. The average molecular weight is 418 g/mol. The molecule has 0 aliphatic rings. The third kappa shape index (κ3) is 6.40. The summed E-state index contributed by atoms with van der Waals surface area (Å²) in [6, 6.07) is 19.6. The van der Waals surface area contributed by atoms with Crippen molar-refractivity contribution in [2.45, 2.75) is 39.5 Å². The van der Waals surface area contributed by atoms with Crippen molar-refractivity contribution in [3.8, 4) is 5.75 Å². The first-order chi connectivity index (χ1) is 14.9. The Morgan fingerprint density at radius 2 is 1.77 bits per heavy atom. The molecule has 1 aromatic heterocycles. The second-order valence-corrected chi connectivity index (χ2v) is 7.48. The van der Waals surface area contributed by atoms with Crippen LogP contribution in [-0.4, -0.2) is 22.8 Å². The normalized spacial score (nSPS) is 12.5. The van der Waals surface area contributed by atoms with Gasteiger partial charge in [-0.25, -0.2) is 0 Å². The monoisotopic (exact) mass is 417 g/mol. The Bertz CT molecular complexity index is 1040. The van der Waals surface area contributed by atoms with E-state index in [9.17, 15) is 9.59 Å². The summed E-state index contributed by atoms with van der Waals surface area (Å²) >= 11 is 0. The minimum Gasteiger partial charge on any atom is -0.487 e. The molecule has 3 aromatic rings. The van der Waals surface area contributed by atoms with Gasteiger partial charge in [-0.3, -0.25) is 14.6 Å². The minimum atomic E-state index is -0.668. The van der Waals surface area contributed by atoms with Gasteiger partial charge in [0.2, 0.25) is 5.91 Å². The molecule has 0 aliphatic carbocycles. The zero-order chi connectivity index (χ0) is 22.2. The number of aromatic nitrogens is 1. The average Bonchev–Trinajstić information content (AvgIpc) is 2.78. The first-order valence-electron chi connectivity index (χ1n) is 10.2. The number of pyridine rings is 1. The maximum absolute atomic E-state index is 12.6. The lowest BCUT2D eigenvalue weighted by Gasteiger charge is -2.19. The van der Waals surface area contributed by atoms with Crippen molar-refractivity contribution in [1.29, 1.82) is 0 Å². The molecule has 0 bridgehead atoms. The number of aryl methyl sites for hydroxylation is 1. The molecule has 2 aromatic carbocycles. The lowest BCUT2D eigenvalue weighted by atomic mass is 10.1. The van der Waals surface area contributed by atoms with E-state index in [4.69, 9.17) is 4.74 Å². The lowest BCUT2D eigenvalue weighted by Crippen LogP contribution is -2.45. The van der Waals surface area contributed by atoms with Gasteiger partial charge in [0.25, 0.3) is 5.91 Å². The highest BCUT2D eigenvalue weighted by molar-refractivity contribution is 5.97. The molecule has 6 heteroatoms. The molecule has 0 saturated heterocycles. The standard InChI is InChI=1S/C25H27N3O3/c1-17-8-6-10-21(14-17)25(30)28-19(3)24(29)27-18(2)20-9-7-12-23(15-20)31-16-22-11-4-5-13-26-22/h4-15,18-19H,16H2,1-3H3,(H,27,29)(H,28,30). The Labute approximate surface area is 182 Å². The molecule has 2 atom stereocenters. The molecule has 160 valence electrons. The molecule has 0 spiro atoms. The van der Waals surface area contributed by atoms with E-state index in [1.807, 2.05) is 68.4 Å². The maximum Gasteiger partial charge on any atom is 0.251 e. The second-order valence-electron chi connectivity index (χ2n) is 7.48. The Kier molecular flexibility index (Phi) is 7.38. The molecule has 2 unspecified atom stereocenters. The van der Waals surface area contributed by atoms with Crippen molar-refractivity contribution < 1.29 is 14.3 Å². The van der Waals surface area contributed by atoms with E-state index in [0.717, 1.165) is 16.8 Å². The molecule has 1 heterocycles. The molecule has 31 heavy (non-hydrogen) atoms. The first kappa shape index (κ1) is 22.0. The van der Waals surface area contributed by atoms with E-state index in [-0.39, 0.29) is 17.9 Å². The van der Waals surface area contributed by atoms with Gasteiger partial charge < -0.3 is 15.4 Å². The highest BCUT2D eigenvalue weighted by Gasteiger charge is 2.19. The van der Waals surface area contributed by atoms with Gasteiger partial charge >= 0.3 is 0 Å². The Morgan fingerprint density at radius 3 is 2.52 bits per heavy atom. The Morgan fingerprint density at radius 1 is 0.968 bits per heavy atom. The van der Waals surface area contributed by atoms with E-state index in [2.05, 4.69) is 15.6 Å². The van der Waals surface area contributed by atoms with Crippen LogP contribution >= 0.6 is 0 Å². The Balaban J connectivity index is 1.55. The third-order valence-electron chi connectivity index (χ3n) is 4.85. The number of carbonyl (C=O) groups excluding carboxylic acids is 2. The van der Waals surface area contributed by atoms with E-state index in [1.165, 1.54) is 0 Å². The number of ether oxygens (including phenoxy) is 1. The van der Waals surface area contributed by atoms with E-state index in [1.54, 1.807) is 25.3 Å². The summed E-state index contributed by atoms with van der Waals surface area (Å²) in [4.78, 5) is 29.2. The fourth-order valence-corrected chi connectivity index (χ4v) is 3.07. The number of hydrogen-bond donors (Lipinski definition) is 2. The van der Waals surface area contributed by atoms with Crippen LogP contribution in [0.3, 0.4) is 0 Å². The molecule has 0 radical (unpaired) electrons. The van der Waals surface area contributed by atoms with Crippen LogP contribution in [0, 0.1) is 6.92 Å². The number of hydrogen-bond acceptors (Lipinski definition) is 4. The van der Waals surface area contributed by atoms with Gasteiger partial charge in [-0.05, 0) is 62.7 Å². The van der Waals surface area contributed by atoms with Gasteiger partial charge in [0, 0.05) is 11.8 Å². The molecule has 0 aliphatic heterocycles. The van der Waals surface area contributed by atoms with Crippen molar-refractivity contribution in [3.05, 3.63) is 95.3 Å². The van der Waals surface area contributed by atoms with Crippen LogP contribution in [0.15, 0.2) is 72.9 Å². The van der Waals surface area contributed by atoms with Gasteiger partial charge in [0.1, 0.15) is 18.4 Å². The predicted molar refractivity (Wildman–Crippen MR) is 120 cm³/mol. The summed E-state index contributed by atoms with van der Waals surface area (Å²) in [6.45, 7) is 5.85. The smallest absolute Gasteiger partial charge is 0.251 e. The summed E-state index contributed by atoms with van der Waals surface area (Å²) in [6.07, 6.45) is 1.73. The van der Waals surface area contributed by atoms with Gasteiger partial charge in [-0.1, -0.05) is 35.9 Å². The highest BCUT2D eigenvalue weighted by atomic mass is 16.5. The summed E-state index contributed by atoms with van der Waals surface area (Å²) in [5.74, 6) is 0.169. The third-order valence-corrected chi connectivity index (χ3v) is 4.85. The second kappa shape index (κ2) is 10.4. The molecule has 2 amide bonds. The van der Waals surface area contributed by atoms with E-state index < -0.39 is 6.04 Å². The Hall–Kier alpha value is -3.67. The summed E-state index contributed by atoms with van der Waals surface area (Å²) in [5.41, 5.74) is 3.27. The molecule has 0 saturated carbocycles. The van der Waals surface area contributed by atoms with Crippen LogP contribution in [0.2, 0.25) is 0 Å². The van der Waals surface area contributed by atoms with Crippen molar-refractivity contribution >= 4 is 11.8 Å². The number of carbonyl (C=O) groups is 2. The lowest BCUT2D eigenvalue weighted by molar-refractivity contribution is -0.123. The first-order valence-corrected chi connectivity index (χ1v) is 10.2. The SMILES string of the molecule is Cc1cccc(C(=O)NC(C)C(=O)NC(C)c2cccc(OCc3ccccn3)c2)c1. The predicted octanol–water partition coefficient (Wildman–Crippen LogP) is 3.96. The van der Waals surface area contributed by atoms with Crippen LogP contribution in [0.1, 0.15) is 47.1 Å².